The topological polar surface area (TPSA) is 62.5 Å². The van der Waals surface area contributed by atoms with Crippen molar-refractivity contribution in [3.05, 3.63) is 23.7 Å². The van der Waals surface area contributed by atoms with E-state index in [1.807, 2.05) is 19.1 Å². The van der Waals surface area contributed by atoms with E-state index >= 15 is 0 Å². The highest BCUT2D eigenvalue weighted by Crippen LogP contribution is 2.19. The lowest BCUT2D eigenvalue weighted by atomic mass is 9.90. The average molecular weight is 239 g/mol. The molecule has 2 N–H and O–H groups in total. The molecule has 0 unspecified atom stereocenters. The SMILES string of the molecule is CCc1ccc(CNCCC(C)(C)C(=O)O)o1. The van der Waals surface area contributed by atoms with Crippen LogP contribution >= 0.6 is 0 Å². The summed E-state index contributed by atoms with van der Waals surface area (Å²) in [5, 5.41) is 12.1. The first-order valence-electron chi connectivity index (χ1n) is 5.97. The number of furan rings is 1. The molecule has 0 atom stereocenters. The summed E-state index contributed by atoms with van der Waals surface area (Å²) in [6.45, 7) is 6.83. The van der Waals surface area contributed by atoms with E-state index in [1.165, 1.54) is 0 Å². The van der Waals surface area contributed by atoms with E-state index < -0.39 is 11.4 Å². The lowest BCUT2D eigenvalue weighted by molar-refractivity contribution is -0.147. The number of hydrogen-bond donors (Lipinski definition) is 2. The fourth-order valence-corrected chi connectivity index (χ4v) is 1.43. The second-order valence-electron chi connectivity index (χ2n) is 4.84. The summed E-state index contributed by atoms with van der Waals surface area (Å²) in [7, 11) is 0. The first-order chi connectivity index (χ1) is 7.95. The van der Waals surface area contributed by atoms with Gasteiger partial charge in [0.2, 0.25) is 0 Å². The molecule has 0 aliphatic rings. The lowest BCUT2D eigenvalue weighted by Crippen LogP contribution is -2.28. The van der Waals surface area contributed by atoms with Crippen LogP contribution in [0.4, 0.5) is 0 Å². The van der Waals surface area contributed by atoms with E-state index in [4.69, 9.17) is 9.52 Å². The van der Waals surface area contributed by atoms with Crippen molar-refractivity contribution in [3.8, 4) is 0 Å². The van der Waals surface area contributed by atoms with Crippen molar-refractivity contribution in [2.75, 3.05) is 6.54 Å². The fraction of sp³-hybridized carbons (Fsp3) is 0.615. The molecule has 1 heterocycles. The molecule has 1 rings (SSSR count). The van der Waals surface area contributed by atoms with Crippen LogP contribution in [0.1, 0.15) is 38.7 Å². The van der Waals surface area contributed by atoms with Crippen LogP contribution in [0.15, 0.2) is 16.5 Å². The van der Waals surface area contributed by atoms with Gasteiger partial charge in [0.15, 0.2) is 0 Å². The molecule has 0 saturated carbocycles. The molecule has 0 spiro atoms. The highest BCUT2D eigenvalue weighted by Gasteiger charge is 2.26. The van der Waals surface area contributed by atoms with E-state index in [0.29, 0.717) is 19.5 Å². The number of carbonyl (C=O) groups is 1. The molecular formula is C13H21NO3. The number of aryl methyl sites for hydroxylation is 1. The van der Waals surface area contributed by atoms with Gasteiger partial charge in [-0.1, -0.05) is 6.92 Å². The number of nitrogens with one attached hydrogen (secondary N) is 1. The molecule has 0 saturated heterocycles. The van der Waals surface area contributed by atoms with Gasteiger partial charge in [0.05, 0.1) is 12.0 Å². The van der Waals surface area contributed by atoms with Crippen LogP contribution < -0.4 is 5.32 Å². The van der Waals surface area contributed by atoms with Crippen molar-refractivity contribution in [1.82, 2.24) is 5.32 Å². The van der Waals surface area contributed by atoms with Gasteiger partial charge in [-0.3, -0.25) is 4.79 Å². The fourth-order valence-electron chi connectivity index (χ4n) is 1.43. The van der Waals surface area contributed by atoms with Crippen LogP contribution in [0.2, 0.25) is 0 Å². The van der Waals surface area contributed by atoms with Gasteiger partial charge >= 0.3 is 5.97 Å². The van der Waals surface area contributed by atoms with E-state index in [0.717, 1.165) is 17.9 Å². The smallest absolute Gasteiger partial charge is 0.309 e. The van der Waals surface area contributed by atoms with E-state index in [9.17, 15) is 4.79 Å². The van der Waals surface area contributed by atoms with Crippen molar-refractivity contribution in [2.24, 2.45) is 5.41 Å². The van der Waals surface area contributed by atoms with Crippen LogP contribution in [0, 0.1) is 5.41 Å². The zero-order valence-corrected chi connectivity index (χ0v) is 10.7. The zero-order chi connectivity index (χ0) is 12.9. The predicted molar refractivity (Wildman–Crippen MR) is 65.8 cm³/mol. The standard InChI is InChI=1S/C13H21NO3/c1-4-10-5-6-11(17-10)9-14-8-7-13(2,3)12(15)16/h5-6,14H,4,7-9H2,1-3H3,(H,15,16). The molecular weight excluding hydrogens is 218 g/mol. The molecule has 17 heavy (non-hydrogen) atoms. The first kappa shape index (κ1) is 13.8. The molecule has 96 valence electrons. The quantitative estimate of drug-likeness (QED) is 0.717. The summed E-state index contributed by atoms with van der Waals surface area (Å²) in [5.74, 6) is 1.12. The largest absolute Gasteiger partial charge is 0.481 e. The summed E-state index contributed by atoms with van der Waals surface area (Å²) in [5.41, 5.74) is -0.676. The van der Waals surface area contributed by atoms with Gasteiger partial charge in [-0.2, -0.15) is 0 Å². The molecule has 0 radical (unpaired) electrons. The Morgan fingerprint density at radius 1 is 1.41 bits per heavy atom. The summed E-state index contributed by atoms with van der Waals surface area (Å²) in [4.78, 5) is 10.9. The normalized spacial score (nSPS) is 11.7. The van der Waals surface area contributed by atoms with Gasteiger partial charge in [0, 0.05) is 6.42 Å². The number of carboxylic acids is 1. The maximum absolute atomic E-state index is 10.9. The summed E-state index contributed by atoms with van der Waals surface area (Å²) in [6, 6.07) is 3.92. The Kier molecular flexibility index (Phi) is 4.75. The van der Waals surface area contributed by atoms with E-state index in [-0.39, 0.29) is 0 Å². The van der Waals surface area contributed by atoms with Crippen LogP contribution in [0.3, 0.4) is 0 Å². The molecule has 0 bridgehead atoms. The minimum absolute atomic E-state index is 0.601. The Balaban J connectivity index is 2.27. The molecule has 0 aliphatic carbocycles. The number of hydrogen-bond acceptors (Lipinski definition) is 3. The number of rotatable bonds is 7. The lowest BCUT2D eigenvalue weighted by Gasteiger charge is -2.18. The molecule has 1 aromatic heterocycles. The highest BCUT2D eigenvalue weighted by molar-refractivity contribution is 5.73. The van der Waals surface area contributed by atoms with Gasteiger partial charge in [-0.25, -0.2) is 0 Å². The van der Waals surface area contributed by atoms with Gasteiger partial charge < -0.3 is 14.8 Å². The van der Waals surface area contributed by atoms with Crippen LogP contribution in [-0.2, 0) is 17.8 Å². The molecule has 0 fully saturated rings. The summed E-state index contributed by atoms with van der Waals surface area (Å²) in [6.07, 6.45) is 1.50. The minimum Gasteiger partial charge on any atom is -0.481 e. The van der Waals surface area contributed by atoms with Gasteiger partial charge in [-0.15, -0.1) is 0 Å². The Bertz CT molecular complexity index is 368. The first-order valence-corrected chi connectivity index (χ1v) is 5.97. The Morgan fingerprint density at radius 2 is 2.06 bits per heavy atom. The monoisotopic (exact) mass is 239 g/mol. The van der Waals surface area contributed by atoms with Crippen molar-refractivity contribution < 1.29 is 14.3 Å². The number of aliphatic carboxylic acids is 1. The third kappa shape index (κ3) is 4.23. The molecule has 0 amide bonds. The van der Waals surface area contributed by atoms with Crippen molar-refractivity contribution in [1.29, 1.82) is 0 Å². The van der Waals surface area contributed by atoms with Crippen molar-refractivity contribution >= 4 is 5.97 Å². The maximum Gasteiger partial charge on any atom is 0.309 e. The van der Waals surface area contributed by atoms with Gasteiger partial charge in [0.25, 0.3) is 0 Å². The van der Waals surface area contributed by atoms with Crippen molar-refractivity contribution in [2.45, 2.75) is 40.2 Å². The van der Waals surface area contributed by atoms with Crippen molar-refractivity contribution in [3.63, 3.8) is 0 Å². The predicted octanol–water partition coefficient (Wildman–Crippen LogP) is 2.43. The van der Waals surface area contributed by atoms with Crippen LogP contribution in [0.25, 0.3) is 0 Å². The van der Waals surface area contributed by atoms with E-state index in [1.54, 1.807) is 13.8 Å². The summed E-state index contributed by atoms with van der Waals surface area (Å²) < 4.78 is 5.53. The van der Waals surface area contributed by atoms with Gasteiger partial charge in [-0.05, 0) is 38.9 Å². The minimum atomic E-state index is -0.759. The highest BCUT2D eigenvalue weighted by atomic mass is 16.4. The third-order valence-corrected chi connectivity index (χ3v) is 2.87. The molecule has 0 aliphatic heterocycles. The van der Waals surface area contributed by atoms with Crippen LogP contribution in [0.5, 0.6) is 0 Å². The Labute approximate surface area is 102 Å². The second-order valence-corrected chi connectivity index (χ2v) is 4.84. The van der Waals surface area contributed by atoms with E-state index in [2.05, 4.69) is 5.32 Å². The molecule has 1 aromatic rings. The molecule has 0 aromatic carbocycles. The average Bonchev–Trinajstić information content (AvgIpc) is 2.72. The molecule has 4 nitrogen and oxygen atoms in total. The Hall–Kier alpha value is -1.29. The summed E-state index contributed by atoms with van der Waals surface area (Å²) >= 11 is 0. The third-order valence-electron chi connectivity index (χ3n) is 2.87. The van der Waals surface area contributed by atoms with Gasteiger partial charge in [0.1, 0.15) is 11.5 Å². The number of carboxylic acid groups (broad SMARTS) is 1. The van der Waals surface area contributed by atoms with Crippen LogP contribution in [-0.4, -0.2) is 17.6 Å². The molecule has 4 heteroatoms. The Morgan fingerprint density at radius 3 is 2.59 bits per heavy atom. The maximum atomic E-state index is 10.9. The second kappa shape index (κ2) is 5.87. The zero-order valence-electron chi connectivity index (χ0n) is 10.7.